The summed E-state index contributed by atoms with van der Waals surface area (Å²) in [5, 5.41) is 0.796. The van der Waals surface area contributed by atoms with Gasteiger partial charge in [0.15, 0.2) is 5.03 Å². The summed E-state index contributed by atoms with van der Waals surface area (Å²) in [5.74, 6) is 1.94. The molecule has 0 radical (unpaired) electrons. The fourth-order valence-corrected chi connectivity index (χ4v) is 3.44. The maximum absolute atomic E-state index is 5.98. The molecule has 0 bridgehead atoms. The van der Waals surface area contributed by atoms with Crippen LogP contribution in [0.25, 0.3) is 11.5 Å². The Hall–Kier alpha value is -3.11. The number of rotatable bonds is 6. The Morgan fingerprint density at radius 2 is 1.44 bits per heavy atom. The standard InChI is InChI=1S/C23H18N2OS/c1-4-10-18(11-5-1)16-24-22-23(27-17-19-12-6-2-7-13-19)25-21(26-22)20-14-8-3-9-15-20/h1-16H,17H2. The number of hydrogen-bond acceptors (Lipinski definition) is 4. The van der Waals surface area contributed by atoms with Gasteiger partial charge in [0, 0.05) is 17.5 Å². The van der Waals surface area contributed by atoms with Gasteiger partial charge in [-0.3, -0.25) is 0 Å². The summed E-state index contributed by atoms with van der Waals surface area (Å²) >= 11 is 1.63. The van der Waals surface area contributed by atoms with Crippen molar-refractivity contribution in [3.8, 4) is 11.5 Å². The van der Waals surface area contributed by atoms with Gasteiger partial charge >= 0.3 is 0 Å². The summed E-state index contributed by atoms with van der Waals surface area (Å²) in [4.78, 5) is 9.25. The molecule has 0 atom stereocenters. The van der Waals surface area contributed by atoms with Crippen LogP contribution in [0.5, 0.6) is 0 Å². The van der Waals surface area contributed by atoms with Crippen LogP contribution in [0, 0.1) is 0 Å². The van der Waals surface area contributed by atoms with Crippen LogP contribution in [0.4, 0.5) is 5.88 Å². The van der Waals surface area contributed by atoms with Gasteiger partial charge in [-0.1, -0.05) is 90.6 Å². The van der Waals surface area contributed by atoms with Crippen LogP contribution in [0.15, 0.2) is 105 Å². The molecule has 0 saturated heterocycles. The highest BCUT2D eigenvalue weighted by Crippen LogP contribution is 2.35. The largest absolute Gasteiger partial charge is 0.417 e. The summed E-state index contributed by atoms with van der Waals surface area (Å²) in [6.07, 6.45) is 1.81. The topological polar surface area (TPSA) is 38.4 Å². The van der Waals surface area contributed by atoms with Crippen molar-refractivity contribution < 1.29 is 4.42 Å². The molecule has 3 aromatic carbocycles. The van der Waals surface area contributed by atoms with Gasteiger partial charge in [0.05, 0.1) is 0 Å². The zero-order valence-corrected chi connectivity index (χ0v) is 15.5. The van der Waals surface area contributed by atoms with Crippen LogP contribution >= 0.6 is 11.8 Å². The lowest BCUT2D eigenvalue weighted by molar-refractivity contribution is 0.582. The third kappa shape index (κ3) is 4.54. The molecule has 0 N–H and O–H groups in total. The first-order valence-corrected chi connectivity index (χ1v) is 9.69. The minimum atomic E-state index is 0.540. The van der Waals surface area contributed by atoms with E-state index in [1.807, 2.05) is 85.1 Å². The molecule has 0 aliphatic rings. The lowest BCUT2D eigenvalue weighted by Crippen LogP contribution is -1.81. The molecule has 0 fully saturated rings. The molecule has 132 valence electrons. The van der Waals surface area contributed by atoms with Gasteiger partial charge in [-0.2, -0.15) is 0 Å². The lowest BCUT2D eigenvalue weighted by atomic mass is 10.2. The molecule has 0 amide bonds. The average molecular weight is 370 g/mol. The quantitative estimate of drug-likeness (QED) is 0.292. The highest BCUT2D eigenvalue weighted by atomic mass is 32.2. The van der Waals surface area contributed by atoms with E-state index < -0.39 is 0 Å². The number of nitrogens with zero attached hydrogens (tertiary/aromatic N) is 2. The fraction of sp³-hybridized carbons (Fsp3) is 0.0435. The molecule has 4 aromatic rings. The van der Waals surface area contributed by atoms with Crippen LogP contribution in [-0.2, 0) is 5.75 Å². The van der Waals surface area contributed by atoms with Crippen LogP contribution in [0.3, 0.4) is 0 Å². The third-order valence-corrected chi connectivity index (χ3v) is 4.97. The number of oxazole rings is 1. The van der Waals surface area contributed by atoms with Crippen molar-refractivity contribution in [1.29, 1.82) is 0 Å². The van der Waals surface area contributed by atoms with Gasteiger partial charge in [-0.15, -0.1) is 0 Å². The minimum absolute atomic E-state index is 0.540. The average Bonchev–Trinajstić information content (AvgIpc) is 3.16. The van der Waals surface area contributed by atoms with E-state index in [-0.39, 0.29) is 0 Å². The van der Waals surface area contributed by atoms with Crippen molar-refractivity contribution in [2.45, 2.75) is 10.8 Å². The number of aromatic nitrogens is 1. The molecule has 0 saturated carbocycles. The summed E-state index contributed by atoms with van der Waals surface area (Å²) < 4.78 is 5.98. The number of aliphatic imine (C=N–C) groups is 1. The van der Waals surface area contributed by atoms with Gasteiger partial charge in [0.1, 0.15) is 0 Å². The molecule has 1 aromatic heterocycles. The van der Waals surface area contributed by atoms with Gasteiger partial charge in [-0.25, -0.2) is 9.98 Å². The second-order valence-corrected chi connectivity index (χ2v) is 6.90. The molecule has 4 heteroatoms. The lowest BCUT2D eigenvalue weighted by Gasteiger charge is -1.98. The van der Waals surface area contributed by atoms with E-state index in [4.69, 9.17) is 9.40 Å². The number of thioether (sulfide) groups is 1. The van der Waals surface area contributed by atoms with Crippen LogP contribution < -0.4 is 0 Å². The van der Waals surface area contributed by atoms with Crippen LogP contribution in [-0.4, -0.2) is 11.2 Å². The van der Waals surface area contributed by atoms with Crippen molar-refractivity contribution >= 4 is 23.9 Å². The molecule has 3 nitrogen and oxygen atoms in total. The Bertz CT molecular complexity index is 1010. The zero-order valence-electron chi connectivity index (χ0n) is 14.7. The Balaban J connectivity index is 1.62. The fourth-order valence-electron chi connectivity index (χ4n) is 2.58. The van der Waals surface area contributed by atoms with Gasteiger partial charge in [0.25, 0.3) is 5.88 Å². The number of hydrogen-bond donors (Lipinski definition) is 0. The van der Waals surface area contributed by atoms with E-state index >= 15 is 0 Å². The number of benzene rings is 3. The third-order valence-electron chi connectivity index (χ3n) is 3.95. The van der Waals surface area contributed by atoms with Crippen molar-refractivity contribution in [1.82, 2.24) is 4.98 Å². The summed E-state index contributed by atoms with van der Waals surface area (Å²) in [6, 6.07) is 30.2. The van der Waals surface area contributed by atoms with Gasteiger partial charge < -0.3 is 4.42 Å². The molecule has 0 aliphatic heterocycles. The predicted octanol–water partition coefficient (Wildman–Crippen LogP) is 6.38. The maximum atomic E-state index is 5.98. The molecule has 1 heterocycles. The molecule has 0 aliphatic carbocycles. The Morgan fingerprint density at radius 3 is 2.15 bits per heavy atom. The van der Waals surface area contributed by atoms with Crippen molar-refractivity contribution in [2.24, 2.45) is 4.99 Å². The molecular formula is C23H18N2OS. The van der Waals surface area contributed by atoms with Gasteiger partial charge in [-0.05, 0) is 23.3 Å². The van der Waals surface area contributed by atoms with Crippen molar-refractivity contribution in [3.63, 3.8) is 0 Å². The zero-order chi connectivity index (χ0) is 18.3. The first-order chi connectivity index (χ1) is 13.4. The summed E-state index contributed by atoms with van der Waals surface area (Å²) in [6.45, 7) is 0. The molecule has 0 unspecified atom stereocenters. The molecule has 4 rings (SSSR count). The molecule has 0 spiro atoms. The second-order valence-electron chi connectivity index (χ2n) is 5.94. The predicted molar refractivity (Wildman–Crippen MR) is 112 cm³/mol. The minimum Gasteiger partial charge on any atom is -0.417 e. The second kappa shape index (κ2) is 8.52. The normalized spacial score (nSPS) is 11.1. The Kier molecular flexibility index (Phi) is 5.46. The van der Waals surface area contributed by atoms with Crippen molar-refractivity contribution in [2.75, 3.05) is 0 Å². The van der Waals surface area contributed by atoms with E-state index in [9.17, 15) is 0 Å². The molecule has 27 heavy (non-hydrogen) atoms. The van der Waals surface area contributed by atoms with E-state index in [0.29, 0.717) is 11.8 Å². The molecular weight excluding hydrogens is 352 g/mol. The van der Waals surface area contributed by atoms with E-state index in [1.54, 1.807) is 11.8 Å². The van der Waals surface area contributed by atoms with Gasteiger partial charge in [0.2, 0.25) is 5.89 Å². The SMILES string of the molecule is C(=Nc1oc(-c2ccccc2)nc1SCc1ccccc1)c1ccccc1. The van der Waals surface area contributed by atoms with E-state index in [1.165, 1.54) is 5.56 Å². The van der Waals surface area contributed by atoms with E-state index in [2.05, 4.69) is 17.1 Å². The summed E-state index contributed by atoms with van der Waals surface area (Å²) in [5.41, 5.74) is 3.21. The van der Waals surface area contributed by atoms with Crippen LogP contribution in [0.1, 0.15) is 11.1 Å². The Labute approximate surface area is 162 Å². The highest BCUT2D eigenvalue weighted by molar-refractivity contribution is 7.98. The monoisotopic (exact) mass is 370 g/mol. The smallest absolute Gasteiger partial charge is 0.254 e. The Morgan fingerprint density at radius 1 is 0.815 bits per heavy atom. The highest BCUT2D eigenvalue weighted by Gasteiger charge is 2.14. The summed E-state index contributed by atoms with van der Waals surface area (Å²) in [7, 11) is 0. The first kappa shape index (κ1) is 17.3. The van der Waals surface area contributed by atoms with Crippen LogP contribution in [0.2, 0.25) is 0 Å². The van der Waals surface area contributed by atoms with Crippen molar-refractivity contribution in [3.05, 3.63) is 102 Å². The first-order valence-electron chi connectivity index (χ1n) is 8.70. The van der Waals surface area contributed by atoms with E-state index in [0.717, 1.165) is 21.9 Å². The maximum Gasteiger partial charge on any atom is 0.254 e.